The van der Waals surface area contributed by atoms with Crippen molar-refractivity contribution in [3.8, 4) is 0 Å². The van der Waals surface area contributed by atoms with Gasteiger partial charge in [0, 0.05) is 10.2 Å². The highest BCUT2D eigenvalue weighted by Gasteiger charge is 2.13. The molecule has 0 unspecified atom stereocenters. The molecular formula is C15H11BrClNO3. The average Bonchev–Trinajstić information content (AvgIpc) is 2.48. The van der Waals surface area contributed by atoms with Crippen LogP contribution in [0.1, 0.15) is 10.4 Å². The smallest absolute Gasteiger partial charge is 0.340 e. The maximum absolute atomic E-state index is 11.8. The lowest BCUT2D eigenvalue weighted by Crippen LogP contribution is -2.21. The van der Waals surface area contributed by atoms with Crippen molar-refractivity contribution >= 4 is 45.1 Å². The van der Waals surface area contributed by atoms with Gasteiger partial charge < -0.3 is 10.1 Å². The molecule has 2 aromatic rings. The van der Waals surface area contributed by atoms with Gasteiger partial charge in [-0.15, -0.1) is 0 Å². The number of hydrogen-bond donors (Lipinski definition) is 1. The number of nitrogens with one attached hydrogen (secondary N) is 1. The number of amides is 1. The van der Waals surface area contributed by atoms with Crippen molar-refractivity contribution in [3.63, 3.8) is 0 Å². The van der Waals surface area contributed by atoms with Gasteiger partial charge in [0.05, 0.1) is 10.6 Å². The minimum absolute atomic E-state index is 0.232. The summed E-state index contributed by atoms with van der Waals surface area (Å²) >= 11 is 9.17. The summed E-state index contributed by atoms with van der Waals surface area (Å²) in [7, 11) is 0. The largest absolute Gasteiger partial charge is 0.452 e. The van der Waals surface area contributed by atoms with Crippen molar-refractivity contribution in [2.75, 3.05) is 11.9 Å². The lowest BCUT2D eigenvalue weighted by Gasteiger charge is -2.07. The molecule has 1 N–H and O–H groups in total. The summed E-state index contributed by atoms with van der Waals surface area (Å²) in [6, 6.07) is 13.6. The normalized spacial score (nSPS) is 10.0. The van der Waals surface area contributed by atoms with Crippen molar-refractivity contribution in [1.82, 2.24) is 0 Å². The maximum atomic E-state index is 11.8. The van der Waals surface area contributed by atoms with E-state index < -0.39 is 11.9 Å². The van der Waals surface area contributed by atoms with Crippen molar-refractivity contribution in [2.24, 2.45) is 0 Å². The second-order valence-electron chi connectivity index (χ2n) is 4.11. The molecule has 0 fully saturated rings. The van der Waals surface area contributed by atoms with Gasteiger partial charge in [0.15, 0.2) is 6.61 Å². The zero-order chi connectivity index (χ0) is 15.2. The van der Waals surface area contributed by atoms with Crippen LogP contribution in [0, 0.1) is 0 Å². The Bertz CT molecular complexity index is 658. The van der Waals surface area contributed by atoms with Crippen LogP contribution in [-0.2, 0) is 9.53 Å². The molecule has 0 aliphatic rings. The molecule has 2 rings (SSSR count). The average molecular weight is 369 g/mol. The van der Waals surface area contributed by atoms with Crippen molar-refractivity contribution in [1.29, 1.82) is 0 Å². The molecule has 0 aliphatic heterocycles. The molecule has 0 aromatic heterocycles. The summed E-state index contributed by atoms with van der Waals surface area (Å²) in [4.78, 5) is 23.5. The first-order valence-electron chi connectivity index (χ1n) is 6.03. The zero-order valence-corrected chi connectivity index (χ0v) is 13.1. The first-order valence-corrected chi connectivity index (χ1v) is 7.20. The standard InChI is InChI=1S/C15H11BrClNO3/c16-10-5-7-11(8-6-10)18-14(19)9-21-15(20)12-3-1-2-4-13(12)17/h1-8H,9H2,(H,18,19). The van der Waals surface area contributed by atoms with E-state index in [1.807, 2.05) is 0 Å². The first kappa shape index (κ1) is 15.5. The quantitative estimate of drug-likeness (QED) is 0.833. The molecule has 0 saturated carbocycles. The van der Waals surface area contributed by atoms with Gasteiger partial charge in [0.1, 0.15) is 0 Å². The molecule has 0 atom stereocenters. The number of halogens is 2. The SMILES string of the molecule is O=C(COC(=O)c1ccccc1Cl)Nc1ccc(Br)cc1. The highest BCUT2D eigenvalue weighted by Crippen LogP contribution is 2.16. The molecule has 0 bridgehead atoms. The van der Waals surface area contributed by atoms with E-state index in [4.69, 9.17) is 16.3 Å². The third-order valence-electron chi connectivity index (χ3n) is 2.56. The number of benzene rings is 2. The van der Waals surface area contributed by atoms with Crippen LogP contribution in [0.25, 0.3) is 0 Å². The minimum atomic E-state index is -0.633. The lowest BCUT2D eigenvalue weighted by atomic mass is 10.2. The number of carbonyl (C=O) groups is 2. The Morgan fingerprint density at radius 1 is 1.10 bits per heavy atom. The predicted octanol–water partition coefficient (Wildman–Crippen LogP) is 3.90. The van der Waals surface area contributed by atoms with Gasteiger partial charge in [-0.05, 0) is 36.4 Å². The van der Waals surface area contributed by atoms with Crippen LogP contribution in [0.3, 0.4) is 0 Å². The van der Waals surface area contributed by atoms with Gasteiger partial charge in [-0.1, -0.05) is 39.7 Å². The summed E-state index contributed by atoms with van der Waals surface area (Å²) in [5.41, 5.74) is 0.854. The molecule has 1 amide bonds. The highest BCUT2D eigenvalue weighted by molar-refractivity contribution is 9.10. The summed E-state index contributed by atoms with van der Waals surface area (Å²) in [6.07, 6.45) is 0. The molecule has 0 aliphatic carbocycles. The van der Waals surface area contributed by atoms with E-state index in [0.29, 0.717) is 5.69 Å². The molecular weight excluding hydrogens is 358 g/mol. The van der Waals surface area contributed by atoms with Crippen LogP contribution in [0.5, 0.6) is 0 Å². The Balaban J connectivity index is 1.88. The zero-order valence-electron chi connectivity index (χ0n) is 10.8. The second kappa shape index (κ2) is 7.24. The molecule has 21 heavy (non-hydrogen) atoms. The second-order valence-corrected chi connectivity index (χ2v) is 5.43. The van der Waals surface area contributed by atoms with Gasteiger partial charge in [-0.25, -0.2) is 4.79 Å². The Hall–Kier alpha value is -1.85. The fourth-order valence-electron chi connectivity index (χ4n) is 1.57. The fourth-order valence-corrected chi connectivity index (χ4v) is 2.04. The van der Waals surface area contributed by atoms with Gasteiger partial charge in [-0.2, -0.15) is 0 Å². The van der Waals surface area contributed by atoms with Crippen LogP contribution >= 0.6 is 27.5 Å². The van der Waals surface area contributed by atoms with E-state index in [9.17, 15) is 9.59 Å². The summed E-state index contributed by atoms with van der Waals surface area (Å²) in [6.45, 7) is -0.375. The molecule has 108 valence electrons. The number of ether oxygens (including phenoxy) is 1. The van der Waals surface area contributed by atoms with E-state index in [0.717, 1.165) is 4.47 Å². The molecule has 4 nitrogen and oxygen atoms in total. The number of rotatable bonds is 4. The Morgan fingerprint density at radius 2 is 1.76 bits per heavy atom. The summed E-state index contributed by atoms with van der Waals surface area (Å²) < 4.78 is 5.83. The van der Waals surface area contributed by atoms with E-state index in [2.05, 4.69) is 21.2 Å². The minimum Gasteiger partial charge on any atom is -0.452 e. The van der Waals surface area contributed by atoms with Crippen molar-refractivity contribution < 1.29 is 14.3 Å². The van der Waals surface area contributed by atoms with E-state index in [1.165, 1.54) is 6.07 Å². The van der Waals surface area contributed by atoms with Gasteiger partial charge in [-0.3, -0.25) is 4.79 Å². The van der Waals surface area contributed by atoms with Crippen molar-refractivity contribution in [3.05, 3.63) is 63.6 Å². The number of esters is 1. The van der Waals surface area contributed by atoms with Crippen LogP contribution < -0.4 is 5.32 Å². The lowest BCUT2D eigenvalue weighted by molar-refractivity contribution is -0.119. The molecule has 0 radical (unpaired) electrons. The van der Waals surface area contributed by atoms with Crippen LogP contribution in [0.2, 0.25) is 5.02 Å². The van der Waals surface area contributed by atoms with Gasteiger partial charge in [0.2, 0.25) is 0 Å². The van der Waals surface area contributed by atoms with E-state index >= 15 is 0 Å². The van der Waals surface area contributed by atoms with Crippen LogP contribution in [0.15, 0.2) is 53.0 Å². The number of hydrogen-bond acceptors (Lipinski definition) is 3. The number of carbonyl (C=O) groups excluding carboxylic acids is 2. The fraction of sp³-hybridized carbons (Fsp3) is 0.0667. The van der Waals surface area contributed by atoms with E-state index in [-0.39, 0.29) is 17.2 Å². The Morgan fingerprint density at radius 3 is 2.43 bits per heavy atom. The van der Waals surface area contributed by atoms with Gasteiger partial charge in [0.25, 0.3) is 5.91 Å². The molecule has 6 heteroatoms. The Labute approximate surface area is 135 Å². The molecule has 0 heterocycles. The Kier molecular flexibility index (Phi) is 5.36. The molecule has 0 spiro atoms. The monoisotopic (exact) mass is 367 g/mol. The van der Waals surface area contributed by atoms with E-state index in [1.54, 1.807) is 42.5 Å². The van der Waals surface area contributed by atoms with Crippen LogP contribution in [-0.4, -0.2) is 18.5 Å². The third kappa shape index (κ3) is 4.58. The maximum Gasteiger partial charge on any atom is 0.340 e. The first-order chi connectivity index (χ1) is 10.1. The number of anilines is 1. The summed E-state index contributed by atoms with van der Waals surface area (Å²) in [5, 5.41) is 2.91. The molecule has 0 saturated heterocycles. The topological polar surface area (TPSA) is 55.4 Å². The van der Waals surface area contributed by atoms with Crippen LogP contribution in [0.4, 0.5) is 5.69 Å². The predicted molar refractivity (Wildman–Crippen MR) is 84.5 cm³/mol. The van der Waals surface area contributed by atoms with Gasteiger partial charge >= 0.3 is 5.97 Å². The third-order valence-corrected chi connectivity index (χ3v) is 3.41. The molecule has 2 aromatic carbocycles. The van der Waals surface area contributed by atoms with Crippen molar-refractivity contribution in [2.45, 2.75) is 0 Å². The summed E-state index contributed by atoms with van der Waals surface area (Å²) in [5.74, 6) is -1.05. The highest BCUT2D eigenvalue weighted by atomic mass is 79.9.